The van der Waals surface area contributed by atoms with E-state index in [9.17, 15) is 0 Å². The van der Waals surface area contributed by atoms with E-state index in [0.717, 1.165) is 21.8 Å². The lowest BCUT2D eigenvalue weighted by atomic mass is 9.61. The summed E-state index contributed by atoms with van der Waals surface area (Å²) in [4.78, 5) is 6.67. The smallest absolute Gasteiger partial charge is 0.405 e. The number of pyridine rings is 2. The lowest BCUT2D eigenvalue weighted by Crippen LogP contribution is -2.50. The minimum atomic E-state index is 0.224. The quantitative estimate of drug-likeness (QED) is 0.499. The summed E-state index contributed by atoms with van der Waals surface area (Å²) in [6.45, 7) is 4.55. The molecule has 5 heteroatoms. The van der Waals surface area contributed by atoms with Crippen LogP contribution in [0.25, 0.3) is 22.8 Å². The van der Waals surface area contributed by atoms with Gasteiger partial charge in [0, 0.05) is 12.3 Å². The highest BCUT2D eigenvalue weighted by Gasteiger charge is 2.33. The van der Waals surface area contributed by atoms with Crippen LogP contribution in [-0.4, -0.2) is 11.8 Å². The Kier molecular flexibility index (Phi) is 2.82. The zero-order valence-corrected chi connectivity index (χ0v) is 12.9. The van der Waals surface area contributed by atoms with Gasteiger partial charge in [0.1, 0.15) is 5.42 Å². The van der Waals surface area contributed by atoms with Crippen molar-refractivity contribution >= 4 is 35.4 Å². The van der Waals surface area contributed by atoms with E-state index in [1.807, 2.05) is 12.1 Å². The summed E-state index contributed by atoms with van der Waals surface area (Å²) in [5.74, 6) is 3.32. The van der Waals surface area contributed by atoms with Gasteiger partial charge in [-0.2, -0.15) is 0 Å². The predicted molar refractivity (Wildman–Crippen MR) is 88.5 cm³/mol. The first-order valence-electron chi connectivity index (χ1n) is 7.47. The second kappa shape index (κ2) is 4.73. The maximum atomic E-state index is 5.92. The number of aromatic nitrogens is 2. The minimum absolute atomic E-state index is 0.224. The summed E-state index contributed by atoms with van der Waals surface area (Å²) < 4.78 is 8.06. The predicted octanol–water partition coefficient (Wildman–Crippen LogP) is 1.24. The molecule has 0 saturated heterocycles. The summed E-state index contributed by atoms with van der Waals surface area (Å²) in [6, 6.07) is 10.3. The Balaban J connectivity index is 2.07. The molecule has 0 aliphatic carbocycles. The van der Waals surface area contributed by atoms with Crippen LogP contribution in [0.5, 0.6) is 0 Å². The van der Waals surface area contributed by atoms with Crippen LogP contribution in [0.2, 0.25) is 6.82 Å². The van der Waals surface area contributed by atoms with Crippen molar-refractivity contribution in [3.63, 3.8) is 0 Å². The van der Waals surface area contributed by atoms with Crippen LogP contribution >= 0.6 is 0 Å². The largest absolute Gasteiger partial charge is 0.439 e. The molecule has 1 aliphatic heterocycles. The van der Waals surface area contributed by atoms with Crippen molar-refractivity contribution in [3.05, 3.63) is 53.4 Å². The molecule has 4 rings (SSSR count). The molecule has 0 aromatic carbocycles. The molecule has 0 saturated carbocycles. The van der Waals surface area contributed by atoms with Crippen molar-refractivity contribution in [1.82, 2.24) is 4.98 Å². The number of hydrogen-bond donors (Lipinski definition) is 0. The fraction of sp³-hybridized carbons (Fsp3) is 0.176. The number of nitrogens with zero attached hydrogens (tertiary/aromatic N) is 3. The SMILES string of the molecule is CB1C=c2oc3ncccc3c2=C(C)N1c1cccc[n+]1C. The molecule has 0 bridgehead atoms. The molecule has 0 fully saturated rings. The molecule has 4 heterocycles. The second-order valence-corrected chi connectivity index (χ2v) is 5.73. The van der Waals surface area contributed by atoms with Gasteiger partial charge in [-0.15, -0.1) is 0 Å². The molecule has 0 unspecified atom stereocenters. The topological polar surface area (TPSA) is 33.2 Å². The Morgan fingerprint density at radius 3 is 2.91 bits per heavy atom. The Labute approximate surface area is 129 Å². The fourth-order valence-electron chi connectivity index (χ4n) is 3.31. The van der Waals surface area contributed by atoms with Crippen molar-refractivity contribution in [3.8, 4) is 0 Å². The van der Waals surface area contributed by atoms with E-state index < -0.39 is 0 Å². The first kappa shape index (κ1) is 13.1. The second-order valence-electron chi connectivity index (χ2n) is 5.73. The van der Waals surface area contributed by atoms with Crippen LogP contribution in [-0.2, 0) is 7.05 Å². The third-order valence-electron chi connectivity index (χ3n) is 4.29. The van der Waals surface area contributed by atoms with Crippen LogP contribution in [0, 0.1) is 0 Å². The number of fused-ring (bicyclic) bond motifs is 3. The lowest BCUT2D eigenvalue weighted by Gasteiger charge is -2.23. The lowest BCUT2D eigenvalue weighted by molar-refractivity contribution is -0.658. The highest BCUT2D eigenvalue weighted by molar-refractivity contribution is 6.77. The molecular weight excluding hydrogens is 273 g/mol. The number of rotatable bonds is 1. The van der Waals surface area contributed by atoms with Gasteiger partial charge in [0.2, 0.25) is 5.71 Å². The van der Waals surface area contributed by atoms with Crippen molar-refractivity contribution in [2.75, 3.05) is 4.81 Å². The Morgan fingerprint density at radius 2 is 2.09 bits per heavy atom. The summed E-state index contributed by atoms with van der Waals surface area (Å²) >= 11 is 0. The summed E-state index contributed by atoms with van der Waals surface area (Å²) in [7, 11) is 2.07. The summed E-state index contributed by atoms with van der Waals surface area (Å²) in [6.07, 6.45) is 3.84. The maximum absolute atomic E-state index is 5.92. The molecule has 0 spiro atoms. The Hall–Kier alpha value is -2.56. The highest BCUT2D eigenvalue weighted by Crippen LogP contribution is 2.20. The third kappa shape index (κ3) is 1.78. The van der Waals surface area contributed by atoms with Gasteiger partial charge in [-0.3, -0.25) is 4.81 Å². The zero-order valence-electron chi connectivity index (χ0n) is 12.9. The number of furan rings is 1. The molecule has 0 amide bonds. The van der Waals surface area contributed by atoms with Gasteiger partial charge in [0.25, 0.3) is 5.82 Å². The van der Waals surface area contributed by atoms with Gasteiger partial charge in [-0.25, -0.2) is 9.55 Å². The van der Waals surface area contributed by atoms with Crippen molar-refractivity contribution in [2.45, 2.75) is 13.7 Å². The zero-order chi connectivity index (χ0) is 15.3. The number of aryl methyl sites for hydroxylation is 1. The normalized spacial score (nSPS) is 14.2. The van der Waals surface area contributed by atoms with E-state index in [4.69, 9.17) is 4.42 Å². The van der Waals surface area contributed by atoms with Gasteiger partial charge in [0.05, 0.1) is 29.5 Å². The molecular formula is C17H17BN3O+. The fourth-order valence-corrected chi connectivity index (χ4v) is 3.31. The van der Waals surface area contributed by atoms with E-state index in [2.05, 4.69) is 65.5 Å². The van der Waals surface area contributed by atoms with E-state index >= 15 is 0 Å². The first-order chi connectivity index (χ1) is 10.7. The molecule has 22 heavy (non-hydrogen) atoms. The van der Waals surface area contributed by atoms with Crippen LogP contribution in [0.1, 0.15) is 6.92 Å². The summed E-state index contributed by atoms with van der Waals surface area (Å²) in [5.41, 5.74) is 2.82. The van der Waals surface area contributed by atoms with E-state index in [1.54, 1.807) is 6.20 Å². The van der Waals surface area contributed by atoms with Crippen LogP contribution in [0.15, 0.2) is 47.1 Å². The number of hydrogen-bond acceptors (Lipinski definition) is 3. The van der Waals surface area contributed by atoms with Crippen LogP contribution < -0.4 is 20.0 Å². The molecule has 108 valence electrons. The van der Waals surface area contributed by atoms with Crippen molar-refractivity contribution in [1.29, 1.82) is 0 Å². The third-order valence-corrected chi connectivity index (χ3v) is 4.29. The highest BCUT2D eigenvalue weighted by atomic mass is 16.3. The van der Waals surface area contributed by atoms with E-state index in [1.165, 1.54) is 5.70 Å². The molecule has 0 N–H and O–H groups in total. The molecule has 0 radical (unpaired) electrons. The van der Waals surface area contributed by atoms with Crippen molar-refractivity contribution in [2.24, 2.45) is 7.05 Å². The average molecular weight is 290 g/mol. The first-order valence-corrected chi connectivity index (χ1v) is 7.47. The Morgan fingerprint density at radius 1 is 1.23 bits per heavy atom. The molecule has 4 nitrogen and oxygen atoms in total. The van der Waals surface area contributed by atoms with E-state index in [0.29, 0.717) is 5.71 Å². The molecule has 3 aromatic rings. The van der Waals surface area contributed by atoms with Gasteiger partial charge >= 0.3 is 6.85 Å². The van der Waals surface area contributed by atoms with Crippen LogP contribution in [0.4, 0.5) is 5.82 Å². The molecule has 3 aromatic heterocycles. The van der Waals surface area contributed by atoms with Crippen LogP contribution in [0.3, 0.4) is 0 Å². The average Bonchev–Trinajstić information content (AvgIpc) is 2.87. The maximum Gasteiger partial charge on any atom is 0.405 e. The molecule has 1 aliphatic rings. The summed E-state index contributed by atoms with van der Waals surface area (Å²) in [5, 5.41) is 2.21. The minimum Gasteiger partial charge on any atom is -0.439 e. The van der Waals surface area contributed by atoms with Crippen molar-refractivity contribution < 1.29 is 8.98 Å². The monoisotopic (exact) mass is 290 g/mol. The van der Waals surface area contributed by atoms with E-state index in [-0.39, 0.29) is 6.85 Å². The standard InChI is InChI=1S/C17H17BN3O/c1-12-16-13-7-6-9-19-17(13)22-14(16)11-18(2)21(12)15-8-4-5-10-20(15)3/h4-11H,1-3H3/q+1. The van der Waals surface area contributed by atoms with Gasteiger partial charge in [-0.05, 0) is 37.9 Å². The van der Waals surface area contributed by atoms with Gasteiger partial charge in [-0.1, -0.05) is 6.07 Å². The number of anilines is 1. The molecule has 0 atom stereocenters. The Bertz CT molecular complexity index is 993. The van der Waals surface area contributed by atoms with Gasteiger partial charge in [0.15, 0.2) is 0 Å². The van der Waals surface area contributed by atoms with Gasteiger partial charge < -0.3 is 4.42 Å².